The molecule has 2 atom stereocenters. The maximum atomic E-state index is 9.04. The normalized spacial score (nSPS) is 14.7. The van der Waals surface area contributed by atoms with Crippen molar-refractivity contribution in [3.8, 4) is 0 Å². The third-order valence-corrected chi connectivity index (χ3v) is 2.09. The Labute approximate surface area is 97.0 Å². The largest absolute Gasteiger partial charge is 0.391 e. The standard InChI is InChI=1S/C13H20O3/c1-11(14)8-16-12(2)9-15-10-13-6-4-3-5-7-13/h3-7,11-12,14H,8-10H2,1-2H3. The van der Waals surface area contributed by atoms with Gasteiger partial charge >= 0.3 is 0 Å². The second-order valence-electron chi connectivity index (χ2n) is 3.99. The van der Waals surface area contributed by atoms with Crippen LogP contribution in [0.5, 0.6) is 0 Å². The van der Waals surface area contributed by atoms with E-state index in [-0.39, 0.29) is 6.10 Å². The number of hydrogen-bond donors (Lipinski definition) is 1. The number of aliphatic hydroxyl groups excluding tert-OH is 1. The Bertz CT molecular complexity index is 272. The van der Waals surface area contributed by atoms with Gasteiger partial charge < -0.3 is 14.6 Å². The zero-order valence-corrected chi connectivity index (χ0v) is 9.93. The van der Waals surface area contributed by atoms with Gasteiger partial charge in [0.05, 0.1) is 32.0 Å². The van der Waals surface area contributed by atoms with Crippen LogP contribution in [0.3, 0.4) is 0 Å². The highest BCUT2D eigenvalue weighted by Gasteiger charge is 2.04. The van der Waals surface area contributed by atoms with Gasteiger partial charge in [0, 0.05) is 0 Å². The molecule has 1 N–H and O–H groups in total. The molecule has 0 heterocycles. The minimum atomic E-state index is -0.420. The summed E-state index contributed by atoms with van der Waals surface area (Å²) < 4.78 is 10.9. The Balaban J connectivity index is 2.11. The van der Waals surface area contributed by atoms with Crippen molar-refractivity contribution < 1.29 is 14.6 Å². The predicted octanol–water partition coefficient (Wildman–Crippen LogP) is 1.99. The summed E-state index contributed by atoms with van der Waals surface area (Å²) in [5.74, 6) is 0. The van der Waals surface area contributed by atoms with Crippen LogP contribution in [0.2, 0.25) is 0 Å². The molecular weight excluding hydrogens is 204 g/mol. The van der Waals surface area contributed by atoms with Gasteiger partial charge in [-0.1, -0.05) is 30.3 Å². The van der Waals surface area contributed by atoms with Gasteiger partial charge in [0.15, 0.2) is 0 Å². The molecule has 0 aromatic heterocycles. The van der Waals surface area contributed by atoms with E-state index >= 15 is 0 Å². The van der Waals surface area contributed by atoms with E-state index in [2.05, 4.69) is 0 Å². The number of hydrogen-bond acceptors (Lipinski definition) is 3. The molecule has 0 aliphatic rings. The average Bonchev–Trinajstić information content (AvgIpc) is 2.28. The Hall–Kier alpha value is -0.900. The lowest BCUT2D eigenvalue weighted by Crippen LogP contribution is -2.21. The molecule has 0 amide bonds. The maximum absolute atomic E-state index is 9.04. The third kappa shape index (κ3) is 5.85. The summed E-state index contributed by atoms with van der Waals surface area (Å²) in [6.07, 6.45) is -0.408. The van der Waals surface area contributed by atoms with Crippen LogP contribution in [0.25, 0.3) is 0 Å². The minimum absolute atomic E-state index is 0.0123. The van der Waals surface area contributed by atoms with Gasteiger partial charge in [-0.05, 0) is 19.4 Å². The summed E-state index contributed by atoms with van der Waals surface area (Å²) in [6.45, 7) is 5.14. The molecule has 0 spiro atoms. The molecule has 0 saturated heterocycles. The lowest BCUT2D eigenvalue weighted by Gasteiger charge is -2.14. The smallest absolute Gasteiger partial charge is 0.0781 e. The number of aliphatic hydroxyl groups is 1. The maximum Gasteiger partial charge on any atom is 0.0781 e. The van der Waals surface area contributed by atoms with Crippen LogP contribution in [0, 0.1) is 0 Å². The van der Waals surface area contributed by atoms with E-state index in [1.165, 1.54) is 0 Å². The van der Waals surface area contributed by atoms with E-state index in [9.17, 15) is 0 Å². The molecule has 1 aromatic carbocycles. The zero-order chi connectivity index (χ0) is 11.8. The second kappa shape index (κ2) is 7.39. The van der Waals surface area contributed by atoms with Crippen LogP contribution in [0.15, 0.2) is 30.3 Å². The SMILES string of the molecule is CC(O)COC(C)COCc1ccccc1. The molecule has 1 aromatic rings. The summed E-state index contributed by atoms with van der Waals surface area (Å²) in [5.41, 5.74) is 1.16. The van der Waals surface area contributed by atoms with Crippen molar-refractivity contribution in [2.24, 2.45) is 0 Å². The van der Waals surface area contributed by atoms with Crippen LogP contribution in [-0.4, -0.2) is 30.5 Å². The van der Waals surface area contributed by atoms with E-state index in [4.69, 9.17) is 14.6 Å². The monoisotopic (exact) mass is 224 g/mol. The first kappa shape index (κ1) is 13.2. The van der Waals surface area contributed by atoms with Gasteiger partial charge in [-0.15, -0.1) is 0 Å². The quantitative estimate of drug-likeness (QED) is 0.769. The fourth-order valence-electron chi connectivity index (χ4n) is 1.27. The minimum Gasteiger partial charge on any atom is -0.391 e. The lowest BCUT2D eigenvalue weighted by atomic mass is 10.2. The van der Waals surface area contributed by atoms with Crippen molar-refractivity contribution in [2.45, 2.75) is 32.7 Å². The third-order valence-electron chi connectivity index (χ3n) is 2.09. The van der Waals surface area contributed by atoms with Gasteiger partial charge in [0.2, 0.25) is 0 Å². The molecule has 1 rings (SSSR count). The van der Waals surface area contributed by atoms with E-state index in [0.29, 0.717) is 19.8 Å². The van der Waals surface area contributed by atoms with Gasteiger partial charge in [0.25, 0.3) is 0 Å². The summed E-state index contributed by atoms with van der Waals surface area (Å²) >= 11 is 0. The summed E-state index contributed by atoms with van der Waals surface area (Å²) in [6, 6.07) is 10.0. The number of ether oxygens (including phenoxy) is 2. The van der Waals surface area contributed by atoms with Crippen LogP contribution < -0.4 is 0 Å². The zero-order valence-electron chi connectivity index (χ0n) is 9.93. The van der Waals surface area contributed by atoms with Crippen LogP contribution in [0.4, 0.5) is 0 Å². The van der Waals surface area contributed by atoms with Gasteiger partial charge in [0.1, 0.15) is 0 Å². The highest BCUT2D eigenvalue weighted by atomic mass is 16.5. The van der Waals surface area contributed by atoms with Crippen molar-refractivity contribution in [1.29, 1.82) is 0 Å². The van der Waals surface area contributed by atoms with Crippen LogP contribution in [0.1, 0.15) is 19.4 Å². The Morgan fingerprint density at radius 2 is 1.81 bits per heavy atom. The van der Waals surface area contributed by atoms with Crippen LogP contribution >= 0.6 is 0 Å². The fraction of sp³-hybridized carbons (Fsp3) is 0.538. The first-order valence-electron chi connectivity index (χ1n) is 5.60. The van der Waals surface area contributed by atoms with Crippen molar-refractivity contribution in [1.82, 2.24) is 0 Å². The summed E-state index contributed by atoms with van der Waals surface area (Å²) in [4.78, 5) is 0. The highest BCUT2D eigenvalue weighted by Crippen LogP contribution is 2.02. The number of benzene rings is 1. The van der Waals surface area contributed by atoms with Gasteiger partial charge in [-0.3, -0.25) is 0 Å². The van der Waals surface area contributed by atoms with Crippen molar-refractivity contribution in [3.63, 3.8) is 0 Å². The average molecular weight is 224 g/mol. The van der Waals surface area contributed by atoms with Gasteiger partial charge in [-0.2, -0.15) is 0 Å². The molecule has 3 nitrogen and oxygen atoms in total. The van der Waals surface area contributed by atoms with Crippen LogP contribution in [-0.2, 0) is 16.1 Å². The molecule has 0 fully saturated rings. The fourth-order valence-corrected chi connectivity index (χ4v) is 1.27. The summed E-state index contributed by atoms with van der Waals surface area (Å²) in [7, 11) is 0. The molecule has 0 saturated carbocycles. The summed E-state index contributed by atoms with van der Waals surface area (Å²) in [5, 5.41) is 9.04. The van der Waals surface area contributed by atoms with Crippen molar-refractivity contribution in [2.75, 3.05) is 13.2 Å². The molecule has 2 unspecified atom stereocenters. The first-order chi connectivity index (χ1) is 7.68. The van der Waals surface area contributed by atoms with Crippen molar-refractivity contribution >= 4 is 0 Å². The number of rotatable bonds is 7. The molecule has 16 heavy (non-hydrogen) atoms. The molecule has 0 aliphatic carbocycles. The second-order valence-corrected chi connectivity index (χ2v) is 3.99. The highest BCUT2D eigenvalue weighted by molar-refractivity contribution is 5.13. The van der Waals surface area contributed by atoms with Crippen molar-refractivity contribution in [3.05, 3.63) is 35.9 Å². The topological polar surface area (TPSA) is 38.7 Å². The van der Waals surface area contributed by atoms with E-state index in [1.54, 1.807) is 6.92 Å². The Kier molecular flexibility index (Phi) is 6.08. The van der Waals surface area contributed by atoms with E-state index in [0.717, 1.165) is 5.56 Å². The Morgan fingerprint density at radius 1 is 1.12 bits per heavy atom. The molecule has 0 radical (unpaired) electrons. The molecule has 0 aliphatic heterocycles. The Morgan fingerprint density at radius 3 is 2.44 bits per heavy atom. The lowest BCUT2D eigenvalue weighted by molar-refractivity contribution is -0.0400. The van der Waals surface area contributed by atoms with Gasteiger partial charge in [-0.25, -0.2) is 0 Å². The molecular formula is C13H20O3. The first-order valence-corrected chi connectivity index (χ1v) is 5.60. The van der Waals surface area contributed by atoms with E-state index in [1.807, 2.05) is 37.3 Å². The van der Waals surface area contributed by atoms with E-state index < -0.39 is 6.10 Å². The molecule has 3 heteroatoms. The predicted molar refractivity (Wildman–Crippen MR) is 63.2 cm³/mol. The molecule has 90 valence electrons. The molecule has 0 bridgehead atoms.